The van der Waals surface area contributed by atoms with Crippen molar-refractivity contribution in [2.45, 2.75) is 26.5 Å². The molecule has 2 N–H and O–H groups in total. The van der Waals surface area contributed by atoms with E-state index in [2.05, 4.69) is 15.6 Å². The van der Waals surface area contributed by atoms with Gasteiger partial charge in [0.1, 0.15) is 17.4 Å². The van der Waals surface area contributed by atoms with Crippen molar-refractivity contribution in [1.82, 2.24) is 15.6 Å². The summed E-state index contributed by atoms with van der Waals surface area (Å²) in [4.78, 5) is 15.9. The minimum Gasteiger partial charge on any atom is -0.486 e. The van der Waals surface area contributed by atoms with Crippen LogP contribution in [-0.2, 0) is 17.9 Å². The summed E-state index contributed by atoms with van der Waals surface area (Å²) in [6.07, 6.45) is 0.939. The van der Waals surface area contributed by atoms with Gasteiger partial charge in [-0.2, -0.15) is 0 Å². The summed E-state index contributed by atoms with van der Waals surface area (Å²) in [5.74, 6) is 0.769. The van der Waals surface area contributed by atoms with Gasteiger partial charge >= 0.3 is 0 Å². The maximum atomic E-state index is 11.5. The van der Waals surface area contributed by atoms with Gasteiger partial charge in [-0.3, -0.25) is 4.79 Å². The number of amides is 1. The number of hydrogen-bond donors (Lipinski definition) is 2. The number of benzene rings is 1. The van der Waals surface area contributed by atoms with Gasteiger partial charge in [-0.25, -0.2) is 4.98 Å². The fourth-order valence-corrected chi connectivity index (χ4v) is 2.63. The highest BCUT2D eigenvalue weighted by Gasteiger charge is 2.05. The smallest absolute Gasteiger partial charge is 0.233 e. The van der Waals surface area contributed by atoms with E-state index in [9.17, 15) is 4.79 Å². The van der Waals surface area contributed by atoms with Gasteiger partial charge in [-0.05, 0) is 30.7 Å². The number of carbonyl (C=O) groups excluding carboxylic acids is 1. The van der Waals surface area contributed by atoms with E-state index >= 15 is 0 Å². The Bertz CT molecular complexity index is 616. The maximum absolute atomic E-state index is 11.5. The highest BCUT2D eigenvalue weighted by molar-refractivity contribution is 7.09. The Labute approximate surface area is 145 Å². The van der Waals surface area contributed by atoms with E-state index in [1.165, 1.54) is 0 Å². The summed E-state index contributed by atoms with van der Waals surface area (Å²) in [5.41, 5.74) is 0.910. The number of carbonyl (C=O) groups is 1. The number of nitrogens with one attached hydrogen (secondary N) is 2. The molecule has 2 rings (SSSR count). The van der Waals surface area contributed by atoms with Crippen LogP contribution in [0.25, 0.3) is 0 Å². The molecule has 0 fully saturated rings. The quantitative estimate of drug-likeness (QED) is 0.727. The first-order chi connectivity index (χ1) is 11.2. The minimum absolute atomic E-state index is 0.00775. The lowest BCUT2D eigenvalue weighted by atomic mass is 10.3. The molecule has 1 heterocycles. The summed E-state index contributed by atoms with van der Waals surface area (Å²) in [5, 5.41) is 9.45. The van der Waals surface area contributed by atoms with E-state index in [0.29, 0.717) is 31.3 Å². The molecule has 1 aromatic heterocycles. The lowest BCUT2D eigenvalue weighted by Gasteiger charge is -2.04. The van der Waals surface area contributed by atoms with Gasteiger partial charge in [-0.15, -0.1) is 11.3 Å². The first kappa shape index (κ1) is 17.7. The third-order valence-corrected chi connectivity index (χ3v) is 4.06. The minimum atomic E-state index is 0.00775. The van der Waals surface area contributed by atoms with Crippen molar-refractivity contribution in [3.8, 4) is 5.75 Å². The number of nitrogens with zero attached hydrogens (tertiary/aromatic N) is 1. The molecule has 1 aromatic carbocycles. The molecular weight excluding hydrogens is 334 g/mol. The number of aromatic nitrogens is 1. The summed E-state index contributed by atoms with van der Waals surface area (Å²) in [6.45, 7) is 4.02. The van der Waals surface area contributed by atoms with Crippen molar-refractivity contribution in [2.24, 2.45) is 0 Å². The molecule has 2 aromatic rings. The van der Waals surface area contributed by atoms with Crippen LogP contribution in [0, 0.1) is 0 Å². The van der Waals surface area contributed by atoms with Gasteiger partial charge in [0, 0.05) is 23.5 Å². The molecule has 23 heavy (non-hydrogen) atoms. The molecule has 124 valence electrons. The van der Waals surface area contributed by atoms with Crippen LogP contribution in [0.1, 0.15) is 24.0 Å². The van der Waals surface area contributed by atoms with Crippen LogP contribution in [0.15, 0.2) is 29.6 Å². The number of halogens is 1. The summed E-state index contributed by atoms with van der Waals surface area (Å²) in [7, 11) is 0. The van der Waals surface area contributed by atoms with Gasteiger partial charge < -0.3 is 15.4 Å². The van der Waals surface area contributed by atoms with E-state index in [1.54, 1.807) is 23.5 Å². The fraction of sp³-hybridized carbons (Fsp3) is 0.375. The average Bonchev–Trinajstić information content (AvgIpc) is 3.00. The standard InChI is InChI=1S/C16H20ClN3O2S/c1-2-7-19-15(21)9-18-8-13-11-23-16(20-13)10-22-14-5-3-12(17)4-6-14/h3-6,11,18H,2,7-10H2,1H3,(H,19,21). The SMILES string of the molecule is CCCNC(=O)CNCc1csc(COc2ccc(Cl)cc2)n1. The van der Waals surface area contributed by atoms with Crippen LogP contribution < -0.4 is 15.4 Å². The third kappa shape index (κ3) is 6.56. The highest BCUT2D eigenvalue weighted by atomic mass is 35.5. The number of hydrogen-bond acceptors (Lipinski definition) is 5. The van der Waals surface area contributed by atoms with Crippen molar-refractivity contribution < 1.29 is 9.53 Å². The Morgan fingerprint density at radius 1 is 1.35 bits per heavy atom. The van der Waals surface area contributed by atoms with E-state index < -0.39 is 0 Å². The molecule has 0 unspecified atom stereocenters. The molecule has 0 atom stereocenters. The number of rotatable bonds is 9. The van der Waals surface area contributed by atoms with Crippen molar-refractivity contribution in [1.29, 1.82) is 0 Å². The molecule has 0 aliphatic rings. The molecule has 0 spiro atoms. The predicted molar refractivity (Wildman–Crippen MR) is 92.9 cm³/mol. The third-order valence-electron chi connectivity index (χ3n) is 2.94. The lowest BCUT2D eigenvalue weighted by Crippen LogP contribution is -2.33. The van der Waals surface area contributed by atoms with Crippen LogP contribution in [0.2, 0.25) is 5.02 Å². The van der Waals surface area contributed by atoms with Crippen LogP contribution in [0.5, 0.6) is 5.75 Å². The predicted octanol–water partition coefficient (Wildman–Crippen LogP) is 2.99. The van der Waals surface area contributed by atoms with Gasteiger partial charge in [0.2, 0.25) is 5.91 Å². The summed E-state index contributed by atoms with van der Waals surface area (Å²) in [6, 6.07) is 7.23. The number of thiazole rings is 1. The molecule has 0 aliphatic carbocycles. The highest BCUT2D eigenvalue weighted by Crippen LogP contribution is 2.18. The van der Waals surface area contributed by atoms with Crippen LogP contribution >= 0.6 is 22.9 Å². The Morgan fingerprint density at radius 3 is 2.87 bits per heavy atom. The first-order valence-electron chi connectivity index (χ1n) is 7.46. The largest absolute Gasteiger partial charge is 0.486 e. The molecular formula is C16H20ClN3O2S. The van der Waals surface area contributed by atoms with Crippen LogP contribution in [0.4, 0.5) is 0 Å². The molecule has 7 heteroatoms. The van der Waals surface area contributed by atoms with Crippen molar-refractivity contribution in [3.05, 3.63) is 45.4 Å². The fourth-order valence-electron chi connectivity index (χ4n) is 1.80. The molecule has 5 nitrogen and oxygen atoms in total. The Kier molecular flexibility index (Phi) is 7.32. The normalized spacial score (nSPS) is 10.5. The summed E-state index contributed by atoms with van der Waals surface area (Å²) >= 11 is 7.37. The van der Waals surface area contributed by atoms with Crippen molar-refractivity contribution in [2.75, 3.05) is 13.1 Å². The number of ether oxygens (including phenoxy) is 1. The zero-order valence-corrected chi connectivity index (χ0v) is 14.5. The average molecular weight is 354 g/mol. The lowest BCUT2D eigenvalue weighted by molar-refractivity contribution is -0.120. The van der Waals surface area contributed by atoms with Crippen molar-refractivity contribution in [3.63, 3.8) is 0 Å². The zero-order valence-electron chi connectivity index (χ0n) is 13.0. The maximum Gasteiger partial charge on any atom is 0.233 e. The Hall–Kier alpha value is -1.63. The van der Waals surface area contributed by atoms with E-state index in [0.717, 1.165) is 22.9 Å². The monoisotopic (exact) mass is 353 g/mol. The van der Waals surface area contributed by atoms with Crippen LogP contribution in [-0.4, -0.2) is 24.0 Å². The Morgan fingerprint density at radius 2 is 2.13 bits per heavy atom. The first-order valence-corrected chi connectivity index (χ1v) is 8.72. The summed E-state index contributed by atoms with van der Waals surface area (Å²) < 4.78 is 5.65. The topological polar surface area (TPSA) is 63.2 Å². The molecule has 0 saturated carbocycles. The van der Waals surface area contributed by atoms with Gasteiger partial charge in [0.15, 0.2) is 0 Å². The Balaban J connectivity index is 1.70. The van der Waals surface area contributed by atoms with Gasteiger partial charge in [-0.1, -0.05) is 18.5 Å². The molecule has 0 radical (unpaired) electrons. The van der Waals surface area contributed by atoms with E-state index in [4.69, 9.17) is 16.3 Å². The molecule has 1 amide bonds. The molecule has 0 saturated heterocycles. The van der Waals surface area contributed by atoms with Crippen molar-refractivity contribution >= 4 is 28.8 Å². The molecule has 0 aliphatic heterocycles. The van der Waals surface area contributed by atoms with Crippen LogP contribution in [0.3, 0.4) is 0 Å². The van der Waals surface area contributed by atoms with Gasteiger partial charge in [0.05, 0.1) is 12.2 Å². The molecule has 0 bridgehead atoms. The second-order valence-electron chi connectivity index (χ2n) is 4.93. The second kappa shape index (κ2) is 9.50. The van der Waals surface area contributed by atoms with E-state index in [-0.39, 0.29) is 5.91 Å². The second-order valence-corrected chi connectivity index (χ2v) is 6.31. The zero-order chi connectivity index (χ0) is 16.5. The van der Waals surface area contributed by atoms with Gasteiger partial charge in [0.25, 0.3) is 0 Å². The van der Waals surface area contributed by atoms with E-state index in [1.807, 2.05) is 24.4 Å².